The third-order valence-electron chi connectivity index (χ3n) is 5.18. The SMILES string of the molecule is COc1ccc(OC)c(NC(=O)N2CCC[C@H]2c2nnc(C(=O)Nc3ccc(Cl)cc3)s2)c1. The fourth-order valence-electron chi connectivity index (χ4n) is 3.54. The van der Waals surface area contributed by atoms with Crippen molar-refractivity contribution in [2.24, 2.45) is 0 Å². The van der Waals surface area contributed by atoms with E-state index in [0.29, 0.717) is 39.4 Å². The number of urea groups is 1. The average molecular weight is 488 g/mol. The molecule has 172 valence electrons. The van der Waals surface area contributed by atoms with Crippen LogP contribution in [0.5, 0.6) is 11.5 Å². The molecular weight excluding hydrogens is 466 g/mol. The van der Waals surface area contributed by atoms with Crippen LogP contribution in [0.15, 0.2) is 42.5 Å². The Morgan fingerprint density at radius 3 is 2.61 bits per heavy atom. The molecule has 0 bridgehead atoms. The van der Waals surface area contributed by atoms with Crippen LogP contribution in [-0.4, -0.2) is 47.8 Å². The number of methoxy groups -OCH3 is 2. The summed E-state index contributed by atoms with van der Waals surface area (Å²) in [5, 5.41) is 15.3. The van der Waals surface area contributed by atoms with Gasteiger partial charge in [-0.3, -0.25) is 4.79 Å². The lowest BCUT2D eigenvalue weighted by Gasteiger charge is -2.23. The summed E-state index contributed by atoms with van der Waals surface area (Å²) in [7, 11) is 3.09. The van der Waals surface area contributed by atoms with Crippen molar-refractivity contribution in [1.29, 1.82) is 0 Å². The molecule has 1 atom stereocenters. The molecule has 1 fully saturated rings. The highest BCUT2D eigenvalue weighted by Gasteiger charge is 2.33. The van der Waals surface area contributed by atoms with Crippen LogP contribution in [-0.2, 0) is 0 Å². The standard InChI is InChI=1S/C22H22ClN5O4S/c1-31-15-9-10-18(32-2)16(12-15)25-22(30)28-11-3-4-17(28)20-26-27-21(33-20)19(29)24-14-7-5-13(23)6-8-14/h5-10,12,17H,3-4,11H2,1-2H3,(H,24,29)(H,25,30)/t17-/m0/s1. The monoisotopic (exact) mass is 487 g/mol. The van der Waals surface area contributed by atoms with Crippen molar-refractivity contribution in [1.82, 2.24) is 15.1 Å². The number of carbonyl (C=O) groups excluding carboxylic acids is 2. The van der Waals surface area contributed by atoms with Gasteiger partial charge in [0.25, 0.3) is 5.91 Å². The van der Waals surface area contributed by atoms with Gasteiger partial charge < -0.3 is 25.0 Å². The third kappa shape index (κ3) is 5.18. The van der Waals surface area contributed by atoms with E-state index in [9.17, 15) is 9.59 Å². The molecule has 1 aliphatic heterocycles. The van der Waals surface area contributed by atoms with E-state index in [2.05, 4.69) is 20.8 Å². The highest BCUT2D eigenvalue weighted by Crippen LogP contribution is 2.35. The summed E-state index contributed by atoms with van der Waals surface area (Å²) < 4.78 is 10.6. The highest BCUT2D eigenvalue weighted by atomic mass is 35.5. The van der Waals surface area contributed by atoms with Crippen molar-refractivity contribution in [3.8, 4) is 11.5 Å². The first-order valence-corrected chi connectivity index (χ1v) is 11.4. The number of likely N-dealkylation sites (tertiary alicyclic amines) is 1. The Labute approximate surface area is 199 Å². The molecule has 0 saturated carbocycles. The Bertz CT molecular complexity index is 1150. The van der Waals surface area contributed by atoms with Crippen LogP contribution >= 0.6 is 22.9 Å². The predicted octanol–water partition coefficient (Wildman–Crippen LogP) is 4.83. The molecule has 3 aromatic rings. The van der Waals surface area contributed by atoms with Crippen molar-refractivity contribution in [3.05, 3.63) is 57.5 Å². The highest BCUT2D eigenvalue weighted by molar-refractivity contribution is 7.13. The van der Waals surface area contributed by atoms with E-state index < -0.39 is 0 Å². The minimum Gasteiger partial charge on any atom is -0.497 e. The quantitative estimate of drug-likeness (QED) is 0.516. The molecule has 0 aliphatic carbocycles. The molecule has 0 radical (unpaired) electrons. The molecule has 0 spiro atoms. The fraction of sp³-hybridized carbons (Fsp3) is 0.273. The normalized spacial score (nSPS) is 15.2. The summed E-state index contributed by atoms with van der Waals surface area (Å²) in [5.74, 6) is 0.762. The molecule has 3 amide bonds. The maximum atomic E-state index is 13.1. The molecule has 2 aromatic carbocycles. The Morgan fingerprint density at radius 1 is 1.09 bits per heavy atom. The zero-order valence-corrected chi connectivity index (χ0v) is 19.6. The average Bonchev–Trinajstić information content (AvgIpc) is 3.50. The smallest absolute Gasteiger partial charge is 0.322 e. The second-order valence-electron chi connectivity index (χ2n) is 7.25. The molecule has 1 saturated heterocycles. The van der Waals surface area contributed by atoms with Gasteiger partial charge in [0.1, 0.15) is 16.5 Å². The summed E-state index contributed by atoms with van der Waals surface area (Å²) in [6.07, 6.45) is 1.55. The number of nitrogens with zero attached hydrogens (tertiary/aromatic N) is 3. The molecule has 1 aromatic heterocycles. The van der Waals surface area contributed by atoms with Crippen molar-refractivity contribution in [3.63, 3.8) is 0 Å². The van der Waals surface area contributed by atoms with Gasteiger partial charge in [0.05, 0.1) is 25.9 Å². The topological polar surface area (TPSA) is 106 Å². The minimum absolute atomic E-state index is 0.224. The number of hydrogen-bond donors (Lipinski definition) is 2. The molecule has 4 rings (SSSR count). The van der Waals surface area contributed by atoms with Crippen molar-refractivity contribution < 1.29 is 19.1 Å². The van der Waals surface area contributed by atoms with Gasteiger partial charge in [-0.15, -0.1) is 10.2 Å². The lowest BCUT2D eigenvalue weighted by molar-refractivity contribution is 0.102. The number of aromatic nitrogens is 2. The lowest BCUT2D eigenvalue weighted by atomic mass is 10.2. The van der Waals surface area contributed by atoms with Crippen LogP contribution < -0.4 is 20.1 Å². The summed E-state index contributed by atoms with van der Waals surface area (Å²) in [6.45, 7) is 0.564. The van der Waals surface area contributed by atoms with Crippen LogP contribution in [0.1, 0.15) is 33.7 Å². The zero-order valence-electron chi connectivity index (χ0n) is 18.0. The van der Waals surface area contributed by atoms with Crippen molar-refractivity contribution >= 4 is 46.3 Å². The van der Waals surface area contributed by atoms with E-state index in [1.165, 1.54) is 18.4 Å². The van der Waals surface area contributed by atoms with E-state index in [1.807, 2.05) is 0 Å². The number of hydrogen-bond acceptors (Lipinski definition) is 7. The summed E-state index contributed by atoms with van der Waals surface area (Å²) in [6, 6.07) is 11.4. The van der Waals surface area contributed by atoms with Crippen LogP contribution in [0, 0.1) is 0 Å². The van der Waals surface area contributed by atoms with Gasteiger partial charge in [-0.1, -0.05) is 22.9 Å². The van der Waals surface area contributed by atoms with Crippen molar-refractivity contribution in [2.75, 3.05) is 31.4 Å². The van der Waals surface area contributed by atoms with E-state index in [-0.39, 0.29) is 23.0 Å². The molecule has 2 N–H and O–H groups in total. The molecule has 33 heavy (non-hydrogen) atoms. The second kappa shape index (κ2) is 10.1. The zero-order chi connectivity index (χ0) is 23.4. The van der Waals surface area contributed by atoms with Gasteiger partial charge in [0.2, 0.25) is 5.01 Å². The number of carbonyl (C=O) groups is 2. The van der Waals surface area contributed by atoms with Crippen LogP contribution in [0.3, 0.4) is 0 Å². The third-order valence-corrected chi connectivity index (χ3v) is 6.46. The van der Waals surface area contributed by atoms with Gasteiger partial charge in [-0.2, -0.15) is 0 Å². The van der Waals surface area contributed by atoms with Crippen molar-refractivity contribution in [2.45, 2.75) is 18.9 Å². The number of halogens is 1. The molecule has 1 aliphatic rings. The number of rotatable bonds is 6. The van der Waals surface area contributed by atoms with E-state index >= 15 is 0 Å². The van der Waals surface area contributed by atoms with Crippen LogP contribution in [0.4, 0.5) is 16.2 Å². The van der Waals surface area contributed by atoms with Crippen LogP contribution in [0.2, 0.25) is 5.02 Å². The predicted molar refractivity (Wildman–Crippen MR) is 127 cm³/mol. The molecular formula is C22H22ClN5O4S. The van der Waals surface area contributed by atoms with Gasteiger partial charge in [0, 0.05) is 23.3 Å². The summed E-state index contributed by atoms with van der Waals surface area (Å²) in [4.78, 5) is 27.3. The number of benzene rings is 2. The molecule has 9 nitrogen and oxygen atoms in total. The van der Waals surface area contributed by atoms with E-state index in [4.69, 9.17) is 21.1 Å². The van der Waals surface area contributed by atoms with E-state index in [1.54, 1.807) is 54.5 Å². The molecule has 2 heterocycles. The lowest BCUT2D eigenvalue weighted by Crippen LogP contribution is -2.34. The van der Waals surface area contributed by atoms with Gasteiger partial charge >= 0.3 is 6.03 Å². The molecule has 11 heteroatoms. The fourth-order valence-corrected chi connectivity index (χ4v) is 4.56. The first kappa shape index (κ1) is 22.8. The van der Waals surface area contributed by atoms with Crippen LogP contribution in [0.25, 0.3) is 0 Å². The Hall–Kier alpha value is -3.37. The maximum Gasteiger partial charge on any atom is 0.322 e. The largest absolute Gasteiger partial charge is 0.497 e. The first-order chi connectivity index (χ1) is 16.0. The Morgan fingerprint density at radius 2 is 1.88 bits per heavy atom. The maximum absolute atomic E-state index is 13.1. The summed E-state index contributed by atoms with van der Waals surface area (Å²) >= 11 is 7.06. The first-order valence-electron chi connectivity index (χ1n) is 10.2. The minimum atomic E-state index is -0.365. The number of ether oxygens (including phenoxy) is 2. The second-order valence-corrected chi connectivity index (χ2v) is 8.70. The Kier molecular flexibility index (Phi) is 6.95. The van der Waals surface area contributed by atoms with Gasteiger partial charge in [0.15, 0.2) is 0 Å². The number of amides is 3. The van der Waals surface area contributed by atoms with E-state index in [0.717, 1.165) is 12.8 Å². The Balaban J connectivity index is 1.46. The number of nitrogens with one attached hydrogen (secondary N) is 2. The van der Waals surface area contributed by atoms with Gasteiger partial charge in [-0.25, -0.2) is 4.79 Å². The van der Waals surface area contributed by atoms with Gasteiger partial charge in [-0.05, 0) is 49.2 Å². The number of anilines is 2. The molecule has 0 unspecified atom stereocenters. The summed E-state index contributed by atoms with van der Waals surface area (Å²) in [5.41, 5.74) is 1.11.